The molecule has 4 nitrogen and oxygen atoms in total. The normalized spacial score (nSPS) is 14.7. The van der Waals surface area contributed by atoms with E-state index in [-0.39, 0.29) is 0 Å². The molecule has 2 aromatic carbocycles. The highest BCUT2D eigenvalue weighted by Crippen LogP contribution is 2.35. The lowest BCUT2D eigenvalue weighted by Gasteiger charge is -2.21. The molecule has 0 aliphatic carbocycles. The Kier molecular flexibility index (Phi) is 3.22. The molecule has 22 heavy (non-hydrogen) atoms. The highest BCUT2D eigenvalue weighted by atomic mass is 16.5. The van der Waals surface area contributed by atoms with Gasteiger partial charge in [-0.25, -0.2) is 4.98 Å². The van der Waals surface area contributed by atoms with Gasteiger partial charge < -0.3 is 14.1 Å². The van der Waals surface area contributed by atoms with Crippen molar-refractivity contribution in [1.82, 2.24) is 4.98 Å². The van der Waals surface area contributed by atoms with Crippen molar-refractivity contribution in [2.24, 2.45) is 0 Å². The van der Waals surface area contributed by atoms with Gasteiger partial charge in [-0.3, -0.25) is 0 Å². The number of aromatic nitrogens is 1. The van der Waals surface area contributed by atoms with E-state index in [0.29, 0.717) is 5.89 Å². The number of fused-ring (bicyclic) bond motifs is 1. The van der Waals surface area contributed by atoms with Gasteiger partial charge in [-0.1, -0.05) is 12.1 Å². The van der Waals surface area contributed by atoms with E-state index in [2.05, 4.69) is 16.0 Å². The van der Waals surface area contributed by atoms with Crippen molar-refractivity contribution in [3.63, 3.8) is 0 Å². The summed E-state index contributed by atoms with van der Waals surface area (Å²) >= 11 is 0. The number of benzene rings is 2. The summed E-state index contributed by atoms with van der Waals surface area (Å²) in [5, 5.41) is 0. The van der Waals surface area contributed by atoms with Crippen molar-refractivity contribution >= 4 is 16.8 Å². The zero-order valence-corrected chi connectivity index (χ0v) is 12.6. The maximum absolute atomic E-state index is 5.87. The summed E-state index contributed by atoms with van der Waals surface area (Å²) < 4.78 is 11.4. The molecule has 1 fully saturated rings. The summed E-state index contributed by atoms with van der Waals surface area (Å²) in [5.41, 5.74) is 3.81. The Hall–Kier alpha value is -2.49. The van der Waals surface area contributed by atoms with Gasteiger partial charge in [0.15, 0.2) is 5.58 Å². The first kappa shape index (κ1) is 13.2. The first-order valence-electron chi connectivity index (χ1n) is 7.64. The molecule has 1 aliphatic rings. The van der Waals surface area contributed by atoms with Gasteiger partial charge in [-0.2, -0.15) is 0 Å². The van der Waals surface area contributed by atoms with Crippen LogP contribution in [-0.2, 0) is 0 Å². The average molecular weight is 294 g/mol. The van der Waals surface area contributed by atoms with Gasteiger partial charge in [0.05, 0.1) is 12.8 Å². The maximum Gasteiger partial charge on any atom is 0.227 e. The van der Waals surface area contributed by atoms with Crippen molar-refractivity contribution in [3.05, 3.63) is 42.5 Å². The Morgan fingerprint density at radius 3 is 2.68 bits per heavy atom. The molecule has 1 aromatic heterocycles. The highest BCUT2D eigenvalue weighted by Gasteiger charge is 2.18. The first-order chi connectivity index (χ1) is 10.8. The van der Waals surface area contributed by atoms with E-state index < -0.39 is 0 Å². The number of hydrogen-bond acceptors (Lipinski definition) is 4. The Morgan fingerprint density at radius 2 is 1.91 bits per heavy atom. The zero-order chi connectivity index (χ0) is 14.9. The third kappa shape index (κ3) is 2.21. The Balaban J connectivity index is 1.79. The number of methoxy groups -OCH3 is 1. The Labute approximate surface area is 129 Å². The molecule has 3 aromatic rings. The second-order valence-corrected chi connectivity index (χ2v) is 5.57. The number of anilines is 1. The standard InChI is InChI=1S/C18H18N2O2/c1-21-17-9-8-13(12-15(17)20-10-4-5-11-20)18-19-14-6-2-3-7-16(14)22-18/h2-3,6-9,12H,4-5,10-11H2,1H3. The molecule has 1 saturated heterocycles. The zero-order valence-electron chi connectivity index (χ0n) is 12.6. The van der Waals surface area contributed by atoms with Gasteiger partial charge in [0.2, 0.25) is 5.89 Å². The van der Waals surface area contributed by atoms with Crippen LogP contribution >= 0.6 is 0 Å². The first-order valence-corrected chi connectivity index (χ1v) is 7.64. The lowest BCUT2D eigenvalue weighted by atomic mass is 10.1. The van der Waals surface area contributed by atoms with Crippen LogP contribution in [0.5, 0.6) is 5.75 Å². The van der Waals surface area contributed by atoms with Crippen molar-refractivity contribution in [3.8, 4) is 17.2 Å². The third-order valence-electron chi connectivity index (χ3n) is 4.17. The summed E-state index contributed by atoms with van der Waals surface area (Å²) in [6, 6.07) is 14.0. The quantitative estimate of drug-likeness (QED) is 0.729. The fourth-order valence-corrected chi connectivity index (χ4v) is 3.02. The predicted octanol–water partition coefficient (Wildman–Crippen LogP) is 4.10. The lowest BCUT2D eigenvalue weighted by molar-refractivity contribution is 0.415. The van der Waals surface area contributed by atoms with Crippen LogP contribution in [0.2, 0.25) is 0 Å². The van der Waals surface area contributed by atoms with E-state index in [1.165, 1.54) is 12.8 Å². The molecule has 0 saturated carbocycles. The maximum atomic E-state index is 5.87. The molecule has 4 heteroatoms. The summed E-state index contributed by atoms with van der Waals surface area (Å²) in [6.07, 6.45) is 2.46. The van der Waals surface area contributed by atoms with Crippen LogP contribution in [-0.4, -0.2) is 25.2 Å². The van der Waals surface area contributed by atoms with E-state index in [9.17, 15) is 0 Å². The Bertz CT molecular complexity index is 771. The van der Waals surface area contributed by atoms with E-state index >= 15 is 0 Å². The van der Waals surface area contributed by atoms with Gasteiger partial charge in [0.25, 0.3) is 0 Å². The Morgan fingerprint density at radius 1 is 1.09 bits per heavy atom. The van der Waals surface area contributed by atoms with Crippen LogP contribution in [0.25, 0.3) is 22.6 Å². The summed E-state index contributed by atoms with van der Waals surface area (Å²) in [6.45, 7) is 2.15. The van der Waals surface area contributed by atoms with Gasteiger partial charge in [0.1, 0.15) is 11.3 Å². The molecule has 0 radical (unpaired) electrons. The predicted molar refractivity (Wildman–Crippen MR) is 87.4 cm³/mol. The number of para-hydroxylation sites is 2. The monoisotopic (exact) mass is 294 g/mol. The highest BCUT2D eigenvalue weighted by molar-refractivity contribution is 5.77. The number of oxazole rings is 1. The second kappa shape index (κ2) is 5.37. The van der Waals surface area contributed by atoms with Crippen molar-refractivity contribution in [1.29, 1.82) is 0 Å². The molecule has 0 N–H and O–H groups in total. The van der Waals surface area contributed by atoms with Crippen molar-refractivity contribution < 1.29 is 9.15 Å². The van der Waals surface area contributed by atoms with Crippen LogP contribution < -0.4 is 9.64 Å². The SMILES string of the molecule is COc1ccc(-c2nc3ccccc3o2)cc1N1CCCC1. The van der Waals surface area contributed by atoms with Crippen LogP contribution in [0.15, 0.2) is 46.9 Å². The minimum atomic E-state index is 0.657. The largest absolute Gasteiger partial charge is 0.495 e. The topological polar surface area (TPSA) is 38.5 Å². The fourth-order valence-electron chi connectivity index (χ4n) is 3.02. The molecule has 0 amide bonds. The molecule has 1 aliphatic heterocycles. The molecular weight excluding hydrogens is 276 g/mol. The number of rotatable bonds is 3. The number of nitrogens with zero attached hydrogens (tertiary/aromatic N) is 2. The van der Waals surface area contributed by atoms with Gasteiger partial charge in [-0.15, -0.1) is 0 Å². The molecule has 112 valence electrons. The van der Waals surface area contributed by atoms with Crippen molar-refractivity contribution in [2.45, 2.75) is 12.8 Å². The van der Waals surface area contributed by atoms with Gasteiger partial charge >= 0.3 is 0 Å². The average Bonchev–Trinajstić information content (AvgIpc) is 3.23. The van der Waals surface area contributed by atoms with Crippen molar-refractivity contribution in [2.75, 3.05) is 25.1 Å². The van der Waals surface area contributed by atoms with E-state index in [4.69, 9.17) is 9.15 Å². The second-order valence-electron chi connectivity index (χ2n) is 5.57. The molecule has 4 rings (SSSR count). The third-order valence-corrected chi connectivity index (χ3v) is 4.17. The van der Waals surface area contributed by atoms with E-state index in [1.54, 1.807) is 7.11 Å². The van der Waals surface area contributed by atoms with Gasteiger partial charge in [-0.05, 0) is 43.2 Å². The minimum Gasteiger partial charge on any atom is -0.495 e. The smallest absolute Gasteiger partial charge is 0.227 e. The lowest BCUT2D eigenvalue weighted by Crippen LogP contribution is -2.18. The molecular formula is C18H18N2O2. The van der Waals surface area contributed by atoms with Crippen LogP contribution in [0, 0.1) is 0 Å². The summed E-state index contributed by atoms with van der Waals surface area (Å²) in [7, 11) is 1.72. The number of hydrogen-bond donors (Lipinski definition) is 0. The molecule has 0 spiro atoms. The summed E-state index contributed by atoms with van der Waals surface area (Å²) in [4.78, 5) is 6.95. The molecule has 0 atom stereocenters. The number of ether oxygens (including phenoxy) is 1. The fraction of sp³-hybridized carbons (Fsp3) is 0.278. The minimum absolute atomic E-state index is 0.657. The molecule has 0 bridgehead atoms. The van der Waals surface area contributed by atoms with Crippen LogP contribution in [0.3, 0.4) is 0 Å². The van der Waals surface area contributed by atoms with Crippen LogP contribution in [0.4, 0.5) is 5.69 Å². The van der Waals surface area contributed by atoms with E-state index in [0.717, 1.165) is 41.2 Å². The van der Waals surface area contributed by atoms with Gasteiger partial charge in [0, 0.05) is 18.7 Å². The van der Waals surface area contributed by atoms with Crippen LogP contribution in [0.1, 0.15) is 12.8 Å². The molecule has 2 heterocycles. The molecule has 0 unspecified atom stereocenters. The van der Waals surface area contributed by atoms with E-state index in [1.807, 2.05) is 36.4 Å². The summed E-state index contributed by atoms with van der Waals surface area (Å²) in [5.74, 6) is 1.56.